The standard InChI is InChI=1S/C16H20N2OS/c19-15-13-9-3-4-10-14(13)17-16(20)18(15)11-5-8-12-6-1-2-7-12/h3-4,9-10,12H,1-2,5-8,11H2,(H,17,20). The molecule has 20 heavy (non-hydrogen) atoms. The summed E-state index contributed by atoms with van der Waals surface area (Å²) >= 11 is 5.32. The second-order valence-corrected chi connectivity index (χ2v) is 6.11. The van der Waals surface area contributed by atoms with E-state index < -0.39 is 0 Å². The number of aromatic nitrogens is 2. The molecule has 0 bridgehead atoms. The van der Waals surface area contributed by atoms with Gasteiger partial charge in [-0.05, 0) is 43.1 Å². The summed E-state index contributed by atoms with van der Waals surface area (Å²) in [5, 5.41) is 0.724. The molecular weight excluding hydrogens is 268 g/mol. The SMILES string of the molecule is O=c1c2ccccc2[nH]c(=S)n1CCCC1CCCC1. The lowest BCUT2D eigenvalue weighted by atomic mass is 10.0. The van der Waals surface area contributed by atoms with Gasteiger partial charge in [0.2, 0.25) is 0 Å². The number of aromatic amines is 1. The van der Waals surface area contributed by atoms with E-state index >= 15 is 0 Å². The van der Waals surface area contributed by atoms with E-state index in [-0.39, 0.29) is 5.56 Å². The van der Waals surface area contributed by atoms with E-state index in [0.29, 0.717) is 4.77 Å². The van der Waals surface area contributed by atoms with Crippen LogP contribution in [0.15, 0.2) is 29.1 Å². The highest BCUT2D eigenvalue weighted by atomic mass is 32.1. The van der Waals surface area contributed by atoms with Crippen molar-refractivity contribution in [2.75, 3.05) is 0 Å². The lowest BCUT2D eigenvalue weighted by molar-refractivity contribution is 0.453. The maximum atomic E-state index is 12.5. The highest BCUT2D eigenvalue weighted by Crippen LogP contribution is 2.28. The fourth-order valence-electron chi connectivity index (χ4n) is 3.24. The highest BCUT2D eigenvalue weighted by molar-refractivity contribution is 7.71. The summed E-state index contributed by atoms with van der Waals surface area (Å²) in [7, 11) is 0. The first kappa shape index (κ1) is 13.6. The second-order valence-electron chi connectivity index (χ2n) is 5.73. The van der Waals surface area contributed by atoms with Crippen LogP contribution < -0.4 is 5.56 Å². The molecule has 1 saturated carbocycles. The zero-order chi connectivity index (χ0) is 13.9. The highest BCUT2D eigenvalue weighted by Gasteiger charge is 2.14. The van der Waals surface area contributed by atoms with Gasteiger partial charge in [0.1, 0.15) is 0 Å². The number of H-pyrrole nitrogens is 1. The van der Waals surface area contributed by atoms with Gasteiger partial charge in [-0.2, -0.15) is 0 Å². The van der Waals surface area contributed by atoms with Crippen molar-refractivity contribution < 1.29 is 0 Å². The quantitative estimate of drug-likeness (QED) is 0.863. The van der Waals surface area contributed by atoms with Crippen LogP contribution >= 0.6 is 12.2 Å². The van der Waals surface area contributed by atoms with Crippen molar-refractivity contribution in [3.8, 4) is 0 Å². The molecule has 1 N–H and O–H groups in total. The number of nitrogens with zero attached hydrogens (tertiary/aromatic N) is 1. The Bertz CT molecular complexity index is 710. The molecule has 0 atom stereocenters. The Morgan fingerprint density at radius 2 is 2.00 bits per heavy atom. The molecule has 106 valence electrons. The number of nitrogens with one attached hydrogen (secondary N) is 1. The Kier molecular flexibility index (Phi) is 4.01. The van der Waals surface area contributed by atoms with Crippen molar-refractivity contribution >= 4 is 23.1 Å². The monoisotopic (exact) mass is 288 g/mol. The Balaban J connectivity index is 1.80. The van der Waals surface area contributed by atoms with Crippen molar-refractivity contribution in [1.29, 1.82) is 0 Å². The Morgan fingerprint density at radius 1 is 1.25 bits per heavy atom. The van der Waals surface area contributed by atoms with Gasteiger partial charge in [0, 0.05) is 6.54 Å². The predicted molar refractivity (Wildman–Crippen MR) is 84.6 cm³/mol. The number of fused-ring (bicyclic) bond motifs is 1. The summed E-state index contributed by atoms with van der Waals surface area (Å²) in [6.45, 7) is 0.732. The number of rotatable bonds is 4. The van der Waals surface area contributed by atoms with Crippen molar-refractivity contribution in [3.05, 3.63) is 39.4 Å². The van der Waals surface area contributed by atoms with E-state index in [1.165, 1.54) is 32.1 Å². The molecule has 1 aliphatic rings. The van der Waals surface area contributed by atoms with Crippen LogP contribution in [-0.4, -0.2) is 9.55 Å². The molecule has 2 aromatic rings. The van der Waals surface area contributed by atoms with Gasteiger partial charge in [-0.3, -0.25) is 9.36 Å². The number of hydrogen-bond donors (Lipinski definition) is 1. The molecule has 3 rings (SSSR count). The third kappa shape index (κ3) is 2.70. The van der Waals surface area contributed by atoms with Crippen LogP contribution in [0.3, 0.4) is 0 Å². The fourth-order valence-corrected chi connectivity index (χ4v) is 3.52. The first-order chi connectivity index (χ1) is 9.75. The van der Waals surface area contributed by atoms with E-state index in [1.54, 1.807) is 4.57 Å². The number of hydrogen-bond acceptors (Lipinski definition) is 2. The van der Waals surface area contributed by atoms with E-state index in [4.69, 9.17) is 12.2 Å². The molecule has 0 spiro atoms. The molecule has 1 aromatic heterocycles. The van der Waals surface area contributed by atoms with Gasteiger partial charge < -0.3 is 4.98 Å². The topological polar surface area (TPSA) is 37.8 Å². The van der Waals surface area contributed by atoms with Crippen molar-refractivity contribution in [2.45, 2.75) is 45.1 Å². The normalized spacial score (nSPS) is 16.0. The molecule has 0 aliphatic heterocycles. The molecule has 3 nitrogen and oxygen atoms in total. The van der Waals surface area contributed by atoms with Crippen molar-refractivity contribution in [1.82, 2.24) is 9.55 Å². The van der Waals surface area contributed by atoms with E-state index in [9.17, 15) is 4.79 Å². The van der Waals surface area contributed by atoms with Crippen LogP contribution in [0, 0.1) is 10.7 Å². The van der Waals surface area contributed by atoms with E-state index in [2.05, 4.69) is 4.98 Å². The zero-order valence-corrected chi connectivity index (χ0v) is 12.4. The molecule has 0 unspecified atom stereocenters. The predicted octanol–water partition coefficient (Wildman–Crippen LogP) is 4.03. The minimum absolute atomic E-state index is 0.0378. The third-order valence-electron chi connectivity index (χ3n) is 4.36. The average molecular weight is 288 g/mol. The smallest absolute Gasteiger partial charge is 0.262 e. The number of para-hydroxylation sites is 1. The molecule has 1 heterocycles. The summed E-state index contributed by atoms with van der Waals surface area (Å²) in [6, 6.07) is 7.56. The molecule has 0 saturated heterocycles. The van der Waals surface area contributed by atoms with Gasteiger partial charge in [0.15, 0.2) is 4.77 Å². The first-order valence-electron chi connectivity index (χ1n) is 7.47. The molecule has 0 radical (unpaired) electrons. The van der Waals surface area contributed by atoms with Crippen LogP contribution in [-0.2, 0) is 6.54 Å². The molecule has 1 aliphatic carbocycles. The minimum Gasteiger partial charge on any atom is -0.332 e. The summed E-state index contributed by atoms with van der Waals surface area (Å²) in [5.74, 6) is 0.865. The minimum atomic E-state index is 0.0378. The lowest BCUT2D eigenvalue weighted by Crippen LogP contribution is -2.22. The molecular formula is C16H20N2OS. The van der Waals surface area contributed by atoms with Crippen LogP contribution in [0.25, 0.3) is 10.9 Å². The van der Waals surface area contributed by atoms with Gasteiger partial charge >= 0.3 is 0 Å². The largest absolute Gasteiger partial charge is 0.332 e. The Hall–Kier alpha value is -1.42. The van der Waals surface area contributed by atoms with E-state index in [0.717, 1.165) is 29.8 Å². The lowest BCUT2D eigenvalue weighted by Gasteiger charge is -2.11. The Morgan fingerprint density at radius 3 is 2.80 bits per heavy atom. The van der Waals surface area contributed by atoms with Gasteiger partial charge in [0.05, 0.1) is 10.9 Å². The van der Waals surface area contributed by atoms with Gasteiger partial charge in [0.25, 0.3) is 5.56 Å². The summed E-state index contributed by atoms with van der Waals surface area (Å²) in [6.07, 6.45) is 7.73. The van der Waals surface area contributed by atoms with Crippen LogP contribution in [0.4, 0.5) is 0 Å². The van der Waals surface area contributed by atoms with Gasteiger partial charge in [-0.1, -0.05) is 37.8 Å². The van der Waals surface area contributed by atoms with Crippen LogP contribution in [0.2, 0.25) is 0 Å². The summed E-state index contributed by atoms with van der Waals surface area (Å²) in [5.41, 5.74) is 0.866. The maximum absolute atomic E-state index is 12.5. The average Bonchev–Trinajstić information content (AvgIpc) is 2.96. The fraction of sp³-hybridized carbons (Fsp3) is 0.500. The molecule has 0 amide bonds. The third-order valence-corrected chi connectivity index (χ3v) is 4.68. The zero-order valence-electron chi connectivity index (χ0n) is 11.6. The molecule has 1 aromatic carbocycles. The second kappa shape index (κ2) is 5.92. The molecule has 4 heteroatoms. The first-order valence-corrected chi connectivity index (χ1v) is 7.88. The van der Waals surface area contributed by atoms with Gasteiger partial charge in [-0.25, -0.2) is 0 Å². The van der Waals surface area contributed by atoms with Gasteiger partial charge in [-0.15, -0.1) is 0 Å². The van der Waals surface area contributed by atoms with E-state index in [1.807, 2.05) is 24.3 Å². The number of benzene rings is 1. The summed E-state index contributed by atoms with van der Waals surface area (Å²) < 4.78 is 2.26. The van der Waals surface area contributed by atoms with Crippen LogP contribution in [0.5, 0.6) is 0 Å². The summed E-state index contributed by atoms with van der Waals surface area (Å²) in [4.78, 5) is 15.6. The van der Waals surface area contributed by atoms with Crippen LogP contribution in [0.1, 0.15) is 38.5 Å². The van der Waals surface area contributed by atoms with Crippen molar-refractivity contribution in [3.63, 3.8) is 0 Å². The maximum Gasteiger partial charge on any atom is 0.262 e. The molecule has 1 fully saturated rings. The van der Waals surface area contributed by atoms with Crippen molar-refractivity contribution in [2.24, 2.45) is 5.92 Å². The Labute approximate surface area is 123 Å².